The summed E-state index contributed by atoms with van der Waals surface area (Å²) in [5, 5.41) is 0. The van der Waals surface area contributed by atoms with Gasteiger partial charge in [-0.25, -0.2) is 9.97 Å². The Morgan fingerprint density at radius 3 is 3.00 bits per heavy atom. The van der Waals surface area contributed by atoms with Crippen LogP contribution >= 0.6 is 15.9 Å². The molecule has 2 aromatic rings. The van der Waals surface area contributed by atoms with Crippen molar-refractivity contribution in [2.24, 2.45) is 0 Å². The van der Waals surface area contributed by atoms with E-state index in [2.05, 4.69) is 60.6 Å². The normalized spacial score (nSPS) is 19.3. The Bertz CT molecular complexity index is 564. The van der Waals surface area contributed by atoms with E-state index in [9.17, 15) is 0 Å². The lowest BCUT2D eigenvalue weighted by molar-refractivity contribution is 0.394. The number of aryl methyl sites for hydroxylation is 1. The van der Waals surface area contributed by atoms with E-state index in [-0.39, 0.29) is 0 Å². The van der Waals surface area contributed by atoms with Gasteiger partial charge in [0.25, 0.3) is 0 Å². The number of hydrogen-bond donors (Lipinski definition) is 0. The first kappa shape index (κ1) is 13.6. The van der Waals surface area contributed by atoms with Crippen molar-refractivity contribution in [2.75, 3.05) is 18.0 Å². The van der Waals surface area contributed by atoms with Gasteiger partial charge in [0.1, 0.15) is 11.6 Å². The van der Waals surface area contributed by atoms with Crippen molar-refractivity contribution in [3.05, 3.63) is 41.0 Å². The van der Waals surface area contributed by atoms with E-state index in [1.54, 1.807) is 0 Å². The van der Waals surface area contributed by atoms with Crippen LogP contribution in [0.2, 0.25) is 0 Å². The van der Waals surface area contributed by atoms with E-state index < -0.39 is 0 Å². The molecule has 4 nitrogen and oxygen atoms in total. The van der Waals surface area contributed by atoms with Crippen molar-refractivity contribution in [3.63, 3.8) is 0 Å². The van der Waals surface area contributed by atoms with E-state index in [1.165, 1.54) is 18.7 Å². The number of halogens is 1. The van der Waals surface area contributed by atoms with E-state index in [1.807, 2.05) is 12.4 Å². The molecule has 0 radical (unpaired) electrons. The van der Waals surface area contributed by atoms with Gasteiger partial charge in [0.2, 0.25) is 0 Å². The van der Waals surface area contributed by atoms with Crippen molar-refractivity contribution < 1.29 is 0 Å². The molecule has 0 aliphatic carbocycles. The molecule has 5 heteroatoms. The maximum Gasteiger partial charge on any atom is 0.128 e. The van der Waals surface area contributed by atoms with Gasteiger partial charge in [0.15, 0.2) is 0 Å². The first-order chi connectivity index (χ1) is 9.78. The summed E-state index contributed by atoms with van der Waals surface area (Å²) in [7, 11) is 0. The fraction of sp³-hybridized carbons (Fsp3) is 0.467. The van der Waals surface area contributed by atoms with E-state index in [0.717, 1.165) is 29.8 Å². The Morgan fingerprint density at radius 1 is 1.35 bits per heavy atom. The predicted molar refractivity (Wildman–Crippen MR) is 84.0 cm³/mol. The van der Waals surface area contributed by atoms with Crippen LogP contribution in [0, 0.1) is 0 Å². The average Bonchev–Trinajstić information content (AvgIpc) is 2.96. The summed E-state index contributed by atoms with van der Waals surface area (Å²) in [4.78, 5) is 11.3. The SMILES string of the molecule is CCc1nccn1C1CCCN(c2ccc(Br)cn2)C1. The van der Waals surface area contributed by atoms with Gasteiger partial charge in [0, 0.05) is 42.6 Å². The molecule has 3 heterocycles. The molecule has 0 bridgehead atoms. The zero-order chi connectivity index (χ0) is 13.9. The van der Waals surface area contributed by atoms with Gasteiger partial charge in [-0.05, 0) is 40.9 Å². The standard InChI is InChI=1S/C15H19BrN4/c1-2-14-17-7-9-20(14)13-4-3-8-19(11-13)15-6-5-12(16)10-18-15/h5-7,9-10,13H,2-4,8,11H2,1H3. The second-order valence-corrected chi connectivity index (χ2v) is 6.10. The highest BCUT2D eigenvalue weighted by molar-refractivity contribution is 9.10. The quantitative estimate of drug-likeness (QED) is 0.862. The van der Waals surface area contributed by atoms with Crippen molar-refractivity contribution >= 4 is 21.7 Å². The van der Waals surface area contributed by atoms with Gasteiger partial charge in [-0.15, -0.1) is 0 Å². The molecule has 106 valence electrons. The summed E-state index contributed by atoms with van der Waals surface area (Å²) >= 11 is 3.44. The van der Waals surface area contributed by atoms with Gasteiger partial charge in [0.05, 0.1) is 6.04 Å². The van der Waals surface area contributed by atoms with Crippen LogP contribution in [-0.2, 0) is 6.42 Å². The monoisotopic (exact) mass is 334 g/mol. The third-order valence-corrected chi connectivity index (χ3v) is 4.36. The van der Waals surface area contributed by atoms with Gasteiger partial charge < -0.3 is 9.47 Å². The maximum atomic E-state index is 4.51. The molecule has 0 saturated carbocycles. The number of nitrogens with zero attached hydrogens (tertiary/aromatic N) is 4. The molecule has 1 aliphatic heterocycles. The highest BCUT2D eigenvalue weighted by Crippen LogP contribution is 2.26. The third-order valence-electron chi connectivity index (χ3n) is 3.89. The first-order valence-corrected chi connectivity index (χ1v) is 7.95. The first-order valence-electron chi connectivity index (χ1n) is 7.16. The van der Waals surface area contributed by atoms with Crippen LogP contribution in [0.1, 0.15) is 31.6 Å². The Morgan fingerprint density at radius 2 is 2.25 bits per heavy atom. The molecule has 0 spiro atoms. The summed E-state index contributed by atoms with van der Waals surface area (Å²) in [6.45, 7) is 4.26. The number of aromatic nitrogens is 3. The second-order valence-electron chi connectivity index (χ2n) is 5.18. The van der Waals surface area contributed by atoms with E-state index in [0.29, 0.717) is 6.04 Å². The van der Waals surface area contributed by atoms with Crippen LogP contribution < -0.4 is 4.90 Å². The van der Waals surface area contributed by atoms with Gasteiger partial charge in [-0.2, -0.15) is 0 Å². The summed E-state index contributed by atoms with van der Waals surface area (Å²) in [6.07, 6.45) is 9.30. The van der Waals surface area contributed by atoms with Crippen molar-refractivity contribution in [1.29, 1.82) is 0 Å². The Hall–Kier alpha value is -1.36. The summed E-state index contributed by atoms with van der Waals surface area (Å²) < 4.78 is 3.36. The molecule has 1 saturated heterocycles. The van der Waals surface area contributed by atoms with Crippen LogP contribution in [0.4, 0.5) is 5.82 Å². The molecule has 2 aromatic heterocycles. The average molecular weight is 335 g/mol. The van der Waals surface area contributed by atoms with Crippen LogP contribution in [0.25, 0.3) is 0 Å². The minimum Gasteiger partial charge on any atom is -0.355 e. The smallest absolute Gasteiger partial charge is 0.128 e. The number of imidazole rings is 1. The third kappa shape index (κ3) is 2.73. The van der Waals surface area contributed by atoms with Gasteiger partial charge in [-0.3, -0.25) is 0 Å². The number of hydrogen-bond acceptors (Lipinski definition) is 3. The van der Waals surface area contributed by atoms with E-state index in [4.69, 9.17) is 0 Å². The number of piperidine rings is 1. The maximum absolute atomic E-state index is 4.51. The molecular weight excluding hydrogens is 316 g/mol. The summed E-state index contributed by atoms with van der Waals surface area (Å²) in [5.74, 6) is 2.25. The fourth-order valence-electron chi connectivity index (χ4n) is 2.90. The van der Waals surface area contributed by atoms with Gasteiger partial charge in [-0.1, -0.05) is 6.92 Å². The van der Waals surface area contributed by atoms with Crippen molar-refractivity contribution in [3.8, 4) is 0 Å². The molecule has 0 N–H and O–H groups in total. The fourth-order valence-corrected chi connectivity index (χ4v) is 3.13. The van der Waals surface area contributed by atoms with Crippen LogP contribution in [0.15, 0.2) is 35.2 Å². The van der Waals surface area contributed by atoms with E-state index >= 15 is 0 Å². The number of anilines is 1. The molecule has 0 amide bonds. The Labute approximate surface area is 128 Å². The largest absolute Gasteiger partial charge is 0.355 e. The summed E-state index contributed by atoms with van der Waals surface area (Å²) in [6, 6.07) is 4.65. The Kier molecular flexibility index (Phi) is 4.05. The summed E-state index contributed by atoms with van der Waals surface area (Å²) in [5.41, 5.74) is 0. The molecule has 1 aliphatic rings. The van der Waals surface area contributed by atoms with Gasteiger partial charge >= 0.3 is 0 Å². The van der Waals surface area contributed by atoms with Crippen LogP contribution in [-0.4, -0.2) is 27.6 Å². The highest BCUT2D eigenvalue weighted by atomic mass is 79.9. The number of pyridine rings is 1. The number of rotatable bonds is 3. The zero-order valence-electron chi connectivity index (χ0n) is 11.7. The van der Waals surface area contributed by atoms with Crippen molar-refractivity contribution in [2.45, 2.75) is 32.2 Å². The molecule has 1 unspecified atom stereocenters. The highest BCUT2D eigenvalue weighted by Gasteiger charge is 2.23. The lowest BCUT2D eigenvalue weighted by Crippen LogP contribution is -2.37. The second kappa shape index (κ2) is 5.95. The van der Waals surface area contributed by atoms with Crippen LogP contribution in [0.5, 0.6) is 0 Å². The zero-order valence-corrected chi connectivity index (χ0v) is 13.3. The molecule has 3 rings (SSSR count). The molecule has 0 aromatic carbocycles. The predicted octanol–water partition coefficient (Wildman–Crippen LogP) is 3.44. The minimum absolute atomic E-state index is 0.506. The lowest BCUT2D eigenvalue weighted by atomic mass is 10.1. The van der Waals surface area contributed by atoms with Crippen molar-refractivity contribution in [1.82, 2.24) is 14.5 Å². The van der Waals surface area contributed by atoms with Crippen LogP contribution in [0.3, 0.4) is 0 Å². The molecular formula is C15H19BrN4. The lowest BCUT2D eigenvalue weighted by Gasteiger charge is -2.34. The Balaban J connectivity index is 1.78. The molecule has 20 heavy (non-hydrogen) atoms. The topological polar surface area (TPSA) is 34.0 Å². The molecule has 1 atom stereocenters. The minimum atomic E-state index is 0.506. The molecule has 1 fully saturated rings.